The van der Waals surface area contributed by atoms with Crippen LogP contribution in [0.1, 0.15) is 19.4 Å². The highest BCUT2D eigenvalue weighted by Gasteiger charge is 2.28. The van der Waals surface area contributed by atoms with E-state index in [0.29, 0.717) is 0 Å². The molecule has 0 aromatic heterocycles. The number of amides is 2. The molecule has 5 nitrogen and oxygen atoms in total. The lowest BCUT2D eigenvalue weighted by molar-refractivity contribution is -0.143. The predicted octanol–water partition coefficient (Wildman–Crippen LogP) is 0.771. The van der Waals surface area contributed by atoms with E-state index in [0.717, 1.165) is 17.7 Å². The third-order valence-electron chi connectivity index (χ3n) is 3.34. The monoisotopic (exact) mass is 275 g/mol. The maximum absolute atomic E-state index is 11.7. The van der Waals surface area contributed by atoms with Crippen molar-refractivity contribution < 1.29 is 9.59 Å². The quantitative estimate of drug-likeness (QED) is 0.828. The van der Waals surface area contributed by atoms with Crippen LogP contribution in [0.4, 0.5) is 5.69 Å². The van der Waals surface area contributed by atoms with Crippen LogP contribution < -0.4 is 10.6 Å². The lowest BCUT2D eigenvalue weighted by atomic mass is 9.96. The molecule has 2 rings (SSSR count). The number of imide groups is 1. The van der Waals surface area contributed by atoms with Crippen LogP contribution in [0.25, 0.3) is 0 Å². The number of rotatable bonds is 3. The van der Waals surface area contributed by atoms with E-state index in [2.05, 4.69) is 0 Å². The van der Waals surface area contributed by atoms with Crippen molar-refractivity contribution in [3.8, 4) is 0 Å². The second-order valence-corrected chi connectivity index (χ2v) is 6.04. The van der Waals surface area contributed by atoms with Crippen LogP contribution in [-0.2, 0) is 16.0 Å². The maximum atomic E-state index is 11.7. The summed E-state index contributed by atoms with van der Waals surface area (Å²) in [7, 11) is 1.52. The Kier molecular flexibility index (Phi) is 3.81. The Balaban J connectivity index is 2.19. The number of benzene rings is 1. The molecule has 0 unspecified atom stereocenters. The highest BCUT2D eigenvalue weighted by molar-refractivity contribution is 6.02. The molecule has 1 fully saturated rings. The number of piperazine rings is 1. The van der Waals surface area contributed by atoms with Gasteiger partial charge in [-0.3, -0.25) is 14.5 Å². The summed E-state index contributed by atoms with van der Waals surface area (Å²) in [5.41, 5.74) is 7.74. The molecule has 1 aliphatic heterocycles. The topological polar surface area (TPSA) is 66.6 Å². The zero-order valence-electron chi connectivity index (χ0n) is 12.2. The van der Waals surface area contributed by atoms with Crippen LogP contribution in [-0.4, -0.2) is 42.4 Å². The summed E-state index contributed by atoms with van der Waals surface area (Å²) in [6.45, 7) is 4.42. The lowest BCUT2D eigenvalue weighted by Gasteiger charge is -2.32. The van der Waals surface area contributed by atoms with Gasteiger partial charge in [-0.05, 0) is 38.0 Å². The van der Waals surface area contributed by atoms with Crippen molar-refractivity contribution in [2.24, 2.45) is 5.73 Å². The number of hydrogen-bond donors (Lipinski definition) is 1. The van der Waals surface area contributed by atoms with Gasteiger partial charge in [-0.2, -0.15) is 0 Å². The molecule has 0 radical (unpaired) electrons. The maximum Gasteiger partial charge on any atom is 0.248 e. The van der Waals surface area contributed by atoms with Crippen LogP contribution in [0.5, 0.6) is 0 Å². The minimum Gasteiger partial charge on any atom is -0.353 e. The molecule has 0 aliphatic carbocycles. The normalized spacial score (nSPS) is 16.8. The van der Waals surface area contributed by atoms with Gasteiger partial charge in [0, 0.05) is 18.3 Å². The van der Waals surface area contributed by atoms with E-state index < -0.39 is 0 Å². The molecular weight excluding hydrogens is 254 g/mol. The number of hydrogen-bond acceptors (Lipinski definition) is 4. The Hall–Kier alpha value is -1.88. The second kappa shape index (κ2) is 5.25. The molecule has 108 valence electrons. The van der Waals surface area contributed by atoms with Crippen LogP contribution in [0, 0.1) is 0 Å². The minimum atomic E-state index is -0.285. The molecule has 1 aromatic carbocycles. The van der Waals surface area contributed by atoms with E-state index in [-0.39, 0.29) is 30.4 Å². The van der Waals surface area contributed by atoms with Crippen molar-refractivity contribution in [1.29, 1.82) is 0 Å². The van der Waals surface area contributed by atoms with Gasteiger partial charge in [-0.15, -0.1) is 0 Å². The van der Waals surface area contributed by atoms with Gasteiger partial charge in [-0.25, -0.2) is 0 Å². The SMILES string of the molecule is CN1C(=O)CN(c2cccc(CC(C)(C)N)c2)CC1=O. The summed E-state index contributed by atoms with van der Waals surface area (Å²) in [6.07, 6.45) is 0.747. The average molecular weight is 275 g/mol. The Morgan fingerprint density at radius 2 is 1.80 bits per heavy atom. The van der Waals surface area contributed by atoms with Gasteiger partial charge < -0.3 is 10.6 Å². The first kappa shape index (κ1) is 14.5. The largest absolute Gasteiger partial charge is 0.353 e. The number of carbonyl (C=O) groups excluding carboxylic acids is 2. The average Bonchev–Trinajstić information content (AvgIpc) is 2.33. The molecule has 0 atom stereocenters. The third kappa shape index (κ3) is 3.36. The van der Waals surface area contributed by atoms with Crippen molar-refractivity contribution in [3.63, 3.8) is 0 Å². The van der Waals surface area contributed by atoms with Crippen molar-refractivity contribution in [3.05, 3.63) is 29.8 Å². The number of anilines is 1. The zero-order chi connectivity index (χ0) is 14.9. The number of nitrogens with zero attached hydrogens (tertiary/aromatic N) is 2. The summed E-state index contributed by atoms with van der Waals surface area (Å²) < 4.78 is 0. The first-order valence-electron chi connectivity index (χ1n) is 6.68. The van der Waals surface area contributed by atoms with E-state index in [1.54, 1.807) is 4.90 Å². The molecule has 1 aliphatic rings. The zero-order valence-corrected chi connectivity index (χ0v) is 12.2. The van der Waals surface area contributed by atoms with E-state index in [9.17, 15) is 9.59 Å². The molecule has 0 bridgehead atoms. The van der Waals surface area contributed by atoms with Gasteiger partial charge in [0.1, 0.15) is 0 Å². The predicted molar refractivity (Wildman–Crippen MR) is 78.4 cm³/mol. The first-order valence-corrected chi connectivity index (χ1v) is 6.68. The molecule has 1 aromatic rings. The standard InChI is InChI=1S/C15H21N3O2/c1-15(2,16)8-11-5-4-6-12(7-11)18-9-13(19)17(3)14(20)10-18/h4-7H,8-10,16H2,1-3H3. The minimum absolute atomic E-state index is 0.175. The van der Waals surface area contributed by atoms with Gasteiger partial charge in [-0.1, -0.05) is 12.1 Å². The highest BCUT2D eigenvalue weighted by Crippen LogP contribution is 2.20. The van der Waals surface area contributed by atoms with Crippen LogP contribution >= 0.6 is 0 Å². The Morgan fingerprint density at radius 1 is 1.20 bits per heavy atom. The Morgan fingerprint density at radius 3 is 2.35 bits per heavy atom. The van der Waals surface area contributed by atoms with Crippen LogP contribution in [0.15, 0.2) is 24.3 Å². The number of carbonyl (C=O) groups is 2. The molecule has 2 amide bonds. The molecule has 5 heteroatoms. The van der Waals surface area contributed by atoms with Gasteiger partial charge >= 0.3 is 0 Å². The van der Waals surface area contributed by atoms with Gasteiger partial charge in [0.15, 0.2) is 0 Å². The van der Waals surface area contributed by atoms with Crippen molar-refractivity contribution in [1.82, 2.24) is 4.90 Å². The van der Waals surface area contributed by atoms with E-state index in [1.165, 1.54) is 11.9 Å². The fourth-order valence-corrected chi connectivity index (χ4v) is 2.31. The van der Waals surface area contributed by atoms with Gasteiger partial charge in [0.05, 0.1) is 13.1 Å². The molecule has 2 N–H and O–H groups in total. The van der Waals surface area contributed by atoms with E-state index in [4.69, 9.17) is 5.73 Å². The van der Waals surface area contributed by atoms with Crippen molar-refractivity contribution in [2.45, 2.75) is 25.8 Å². The molecular formula is C15H21N3O2. The Bertz CT molecular complexity index is 516. The summed E-state index contributed by atoms with van der Waals surface area (Å²) in [5.74, 6) is -0.350. The number of nitrogens with two attached hydrogens (primary N) is 1. The molecule has 1 heterocycles. The smallest absolute Gasteiger partial charge is 0.248 e. The molecule has 0 saturated carbocycles. The van der Waals surface area contributed by atoms with E-state index in [1.807, 2.05) is 38.1 Å². The lowest BCUT2D eigenvalue weighted by Crippen LogP contribution is -2.52. The Labute approximate surface area is 119 Å². The molecule has 0 spiro atoms. The first-order chi connectivity index (χ1) is 9.26. The summed E-state index contributed by atoms with van der Waals surface area (Å²) in [4.78, 5) is 26.5. The summed E-state index contributed by atoms with van der Waals surface area (Å²) in [6, 6.07) is 7.86. The number of likely N-dealkylation sites (N-methyl/N-ethyl adjacent to an activating group) is 1. The van der Waals surface area contributed by atoms with Gasteiger partial charge in [0.2, 0.25) is 11.8 Å². The fraction of sp³-hybridized carbons (Fsp3) is 0.467. The highest BCUT2D eigenvalue weighted by atomic mass is 16.2. The van der Waals surface area contributed by atoms with Crippen LogP contribution in [0.3, 0.4) is 0 Å². The van der Waals surface area contributed by atoms with Crippen molar-refractivity contribution >= 4 is 17.5 Å². The third-order valence-corrected chi connectivity index (χ3v) is 3.34. The summed E-state index contributed by atoms with van der Waals surface area (Å²) in [5, 5.41) is 0. The molecule has 20 heavy (non-hydrogen) atoms. The van der Waals surface area contributed by atoms with Gasteiger partial charge in [0.25, 0.3) is 0 Å². The van der Waals surface area contributed by atoms with Crippen LogP contribution in [0.2, 0.25) is 0 Å². The fourth-order valence-electron chi connectivity index (χ4n) is 2.31. The van der Waals surface area contributed by atoms with E-state index >= 15 is 0 Å². The second-order valence-electron chi connectivity index (χ2n) is 6.04. The van der Waals surface area contributed by atoms with Crippen molar-refractivity contribution in [2.75, 3.05) is 25.0 Å². The summed E-state index contributed by atoms with van der Waals surface area (Å²) >= 11 is 0. The molecule has 1 saturated heterocycles.